The van der Waals surface area contributed by atoms with Crippen LogP contribution in [0.1, 0.15) is 10.4 Å². The fourth-order valence-corrected chi connectivity index (χ4v) is 2.78. The van der Waals surface area contributed by atoms with Gasteiger partial charge in [-0.1, -0.05) is 0 Å². The second kappa shape index (κ2) is 7.97. The van der Waals surface area contributed by atoms with Crippen LogP contribution in [0.2, 0.25) is 0 Å². The van der Waals surface area contributed by atoms with Gasteiger partial charge in [0.05, 0.1) is 26.3 Å². The Morgan fingerprint density at radius 3 is 2.71 bits per heavy atom. The molecule has 0 spiro atoms. The Morgan fingerprint density at radius 2 is 2.10 bits per heavy atom. The minimum atomic E-state index is 0.116. The van der Waals surface area contributed by atoms with E-state index in [1.165, 1.54) is 4.88 Å². The smallest absolute Gasteiger partial charge is 0.123 e. The Kier molecular flexibility index (Phi) is 5.98. The molecule has 1 heterocycles. The first kappa shape index (κ1) is 15.8. The SMILES string of the molecule is COc1ccc(OC)c(CN(CCO)Cc2cncs2)c1. The van der Waals surface area contributed by atoms with Gasteiger partial charge in [-0.05, 0) is 18.2 Å². The first-order chi connectivity index (χ1) is 10.3. The van der Waals surface area contributed by atoms with Gasteiger partial charge in [-0.2, -0.15) is 0 Å². The summed E-state index contributed by atoms with van der Waals surface area (Å²) in [6.45, 7) is 2.15. The van der Waals surface area contributed by atoms with Crippen molar-refractivity contribution < 1.29 is 14.6 Å². The highest BCUT2D eigenvalue weighted by Gasteiger charge is 2.12. The molecule has 1 aromatic carbocycles. The van der Waals surface area contributed by atoms with Crippen LogP contribution in [0.5, 0.6) is 11.5 Å². The maximum Gasteiger partial charge on any atom is 0.123 e. The van der Waals surface area contributed by atoms with Gasteiger partial charge < -0.3 is 14.6 Å². The van der Waals surface area contributed by atoms with E-state index in [2.05, 4.69) is 9.88 Å². The molecule has 0 unspecified atom stereocenters. The van der Waals surface area contributed by atoms with Crippen molar-refractivity contribution in [2.75, 3.05) is 27.4 Å². The summed E-state index contributed by atoms with van der Waals surface area (Å²) >= 11 is 1.61. The number of aromatic nitrogens is 1. The largest absolute Gasteiger partial charge is 0.497 e. The molecule has 1 aromatic heterocycles. The fourth-order valence-electron chi connectivity index (χ4n) is 2.14. The predicted octanol–water partition coefficient (Wildman–Crippen LogP) is 2.15. The van der Waals surface area contributed by atoms with E-state index in [0.717, 1.165) is 23.6 Å². The summed E-state index contributed by atoms with van der Waals surface area (Å²) in [5, 5.41) is 9.26. The van der Waals surface area contributed by atoms with E-state index in [4.69, 9.17) is 9.47 Å². The van der Waals surface area contributed by atoms with E-state index >= 15 is 0 Å². The number of hydrogen-bond acceptors (Lipinski definition) is 6. The van der Waals surface area contributed by atoms with E-state index < -0.39 is 0 Å². The highest BCUT2D eigenvalue weighted by Crippen LogP contribution is 2.26. The first-order valence-electron chi connectivity index (χ1n) is 6.68. The molecule has 0 radical (unpaired) electrons. The summed E-state index contributed by atoms with van der Waals surface area (Å²) in [6.07, 6.45) is 1.86. The molecule has 0 fully saturated rings. The molecular formula is C15H20N2O3S. The molecule has 6 heteroatoms. The number of hydrogen-bond donors (Lipinski definition) is 1. The average molecular weight is 308 g/mol. The maximum absolute atomic E-state index is 9.26. The fraction of sp³-hybridized carbons (Fsp3) is 0.400. The van der Waals surface area contributed by atoms with Crippen LogP contribution in [0, 0.1) is 0 Å². The molecule has 0 atom stereocenters. The number of methoxy groups -OCH3 is 2. The van der Waals surface area contributed by atoms with Crippen molar-refractivity contribution in [3.05, 3.63) is 40.3 Å². The van der Waals surface area contributed by atoms with Gasteiger partial charge in [-0.3, -0.25) is 9.88 Å². The summed E-state index contributed by atoms with van der Waals surface area (Å²) < 4.78 is 10.7. The van der Waals surface area contributed by atoms with Gasteiger partial charge in [-0.15, -0.1) is 11.3 Å². The number of thiazole rings is 1. The average Bonchev–Trinajstić information content (AvgIpc) is 3.00. The van der Waals surface area contributed by atoms with E-state index in [0.29, 0.717) is 13.1 Å². The van der Waals surface area contributed by atoms with E-state index in [1.54, 1.807) is 25.6 Å². The van der Waals surface area contributed by atoms with Crippen molar-refractivity contribution in [2.45, 2.75) is 13.1 Å². The lowest BCUT2D eigenvalue weighted by molar-refractivity contribution is 0.184. The van der Waals surface area contributed by atoms with Crippen molar-refractivity contribution in [3.63, 3.8) is 0 Å². The van der Waals surface area contributed by atoms with Crippen molar-refractivity contribution in [3.8, 4) is 11.5 Å². The van der Waals surface area contributed by atoms with Crippen LogP contribution in [0.3, 0.4) is 0 Å². The molecule has 0 bridgehead atoms. The third kappa shape index (κ3) is 4.42. The van der Waals surface area contributed by atoms with Crippen molar-refractivity contribution in [2.24, 2.45) is 0 Å². The van der Waals surface area contributed by atoms with Gasteiger partial charge in [-0.25, -0.2) is 0 Å². The Morgan fingerprint density at radius 1 is 1.24 bits per heavy atom. The van der Waals surface area contributed by atoms with E-state index in [1.807, 2.05) is 29.9 Å². The summed E-state index contributed by atoms with van der Waals surface area (Å²) in [4.78, 5) is 7.42. The molecular weight excluding hydrogens is 288 g/mol. The number of aliphatic hydroxyl groups is 1. The van der Waals surface area contributed by atoms with Crippen LogP contribution in [-0.4, -0.2) is 42.4 Å². The molecule has 0 saturated heterocycles. The number of benzene rings is 1. The second-order valence-electron chi connectivity index (χ2n) is 4.58. The van der Waals surface area contributed by atoms with Crippen LogP contribution in [-0.2, 0) is 13.1 Å². The van der Waals surface area contributed by atoms with Gasteiger partial charge in [0, 0.05) is 36.3 Å². The molecule has 0 amide bonds. The van der Waals surface area contributed by atoms with Crippen LogP contribution >= 0.6 is 11.3 Å². The molecule has 1 N–H and O–H groups in total. The van der Waals surface area contributed by atoms with Crippen LogP contribution in [0.15, 0.2) is 29.9 Å². The summed E-state index contributed by atoms with van der Waals surface area (Å²) in [6, 6.07) is 5.75. The molecule has 2 rings (SSSR count). The van der Waals surface area contributed by atoms with Gasteiger partial charge in [0.1, 0.15) is 11.5 Å². The maximum atomic E-state index is 9.26. The topological polar surface area (TPSA) is 54.8 Å². The molecule has 5 nitrogen and oxygen atoms in total. The zero-order valence-electron chi connectivity index (χ0n) is 12.3. The highest BCUT2D eigenvalue weighted by molar-refractivity contribution is 7.09. The molecule has 0 aliphatic rings. The van der Waals surface area contributed by atoms with Crippen LogP contribution in [0.25, 0.3) is 0 Å². The Hall–Kier alpha value is -1.63. The highest BCUT2D eigenvalue weighted by atomic mass is 32.1. The van der Waals surface area contributed by atoms with Gasteiger partial charge in [0.15, 0.2) is 0 Å². The monoisotopic (exact) mass is 308 g/mol. The molecule has 114 valence electrons. The lowest BCUT2D eigenvalue weighted by Crippen LogP contribution is -2.26. The summed E-state index contributed by atoms with van der Waals surface area (Å²) in [7, 11) is 3.30. The number of rotatable bonds is 8. The molecule has 0 saturated carbocycles. The zero-order valence-corrected chi connectivity index (χ0v) is 13.1. The van der Waals surface area contributed by atoms with E-state index in [-0.39, 0.29) is 6.61 Å². The quantitative estimate of drug-likeness (QED) is 0.810. The van der Waals surface area contributed by atoms with Crippen LogP contribution in [0.4, 0.5) is 0 Å². The normalized spacial score (nSPS) is 10.9. The Bertz CT molecular complexity index is 546. The number of nitrogens with zero attached hydrogens (tertiary/aromatic N) is 2. The van der Waals surface area contributed by atoms with Crippen LogP contribution < -0.4 is 9.47 Å². The molecule has 2 aromatic rings. The van der Waals surface area contributed by atoms with Gasteiger partial charge >= 0.3 is 0 Å². The number of ether oxygens (including phenoxy) is 2. The molecule has 21 heavy (non-hydrogen) atoms. The predicted molar refractivity (Wildman–Crippen MR) is 82.9 cm³/mol. The molecule has 0 aliphatic heterocycles. The van der Waals surface area contributed by atoms with Gasteiger partial charge in [0.2, 0.25) is 0 Å². The van der Waals surface area contributed by atoms with Crippen molar-refractivity contribution in [1.29, 1.82) is 0 Å². The zero-order chi connectivity index (χ0) is 15.1. The number of aliphatic hydroxyl groups excluding tert-OH is 1. The standard InChI is InChI=1S/C15H20N2O3S/c1-19-13-3-4-15(20-2)12(7-13)9-17(5-6-18)10-14-8-16-11-21-14/h3-4,7-8,11,18H,5-6,9-10H2,1-2H3. The minimum absolute atomic E-state index is 0.116. The molecule has 0 aliphatic carbocycles. The minimum Gasteiger partial charge on any atom is -0.497 e. The van der Waals surface area contributed by atoms with Crippen molar-refractivity contribution >= 4 is 11.3 Å². The third-order valence-electron chi connectivity index (χ3n) is 3.16. The lowest BCUT2D eigenvalue weighted by atomic mass is 10.1. The summed E-state index contributed by atoms with van der Waals surface area (Å²) in [5.41, 5.74) is 2.85. The Balaban J connectivity index is 2.15. The second-order valence-corrected chi connectivity index (χ2v) is 5.55. The summed E-state index contributed by atoms with van der Waals surface area (Å²) in [5.74, 6) is 1.62. The van der Waals surface area contributed by atoms with E-state index in [9.17, 15) is 5.11 Å². The van der Waals surface area contributed by atoms with Crippen molar-refractivity contribution in [1.82, 2.24) is 9.88 Å². The van der Waals surface area contributed by atoms with Gasteiger partial charge in [0.25, 0.3) is 0 Å². The lowest BCUT2D eigenvalue weighted by Gasteiger charge is -2.22. The Labute approximate surface area is 128 Å². The third-order valence-corrected chi connectivity index (χ3v) is 3.93. The first-order valence-corrected chi connectivity index (χ1v) is 7.56.